The van der Waals surface area contributed by atoms with Gasteiger partial charge in [-0.2, -0.15) is 0 Å². The second-order valence-corrected chi connectivity index (χ2v) is 8.59. The topological polar surface area (TPSA) is 51.5 Å². The van der Waals surface area contributed by atoms with Gasteiger partial charge in [0.05, 0.1) is 0 Å². The summed E-state index contributed by atoms with van der Waals surface area (Å²) in [5.41, 5.74) is 4.37. The quantitative estimate of drug-likeness (QED) is 0.376. The third-order valence-corrected chi connectivity index (χ3v) is 6.35. The van der Waals surface area contributed by atoms with Gasteiger partial charge in [0.2, 0.25) is 5.91 Å². The molecular weight excluding hydrogens is 412 g/mol. The molecule has 1 saturated heterocycles. The Hall–Kier alpha value is -3.86. The number of hydrogen-bond acceptors (Lipinski definition) is 3. The van der Waals surface area contributed by atoms with Crippen LogP contribution in [0.2, 0.25) is 0 Å². The second kappa shape index (κ2) is 8.94. The van der Waals surface area contributed by atoms with Crippen LogP contribution in [0.3, 0.4) is 0 Å². The van der Waals surface area contributed by atoms with E-state index in [4.69, 9.17) is 4.74 Å². The standard InChI is InChI=1S/C28H26N2O3/c1-20(16-27(31)30-26(19-33-28(30)32)22-12-6-3-7-13-22)24-18-29(17-21-10-4-2-5-11-21)25-15-9-8-14-23(24)25/h2-15,18,20,26H,16-17,19H2,1H3/t20-,26+/m0/s1. The number of hydrogen-bond donors (Lipinski definition) is 0. The molecule has 0 radical (unpaired) electrons. The highest BCUT2D eigenvalue weighted by atomic mass is 16.6. The lowest BCUT2D eigenvalue weighted by atomic mass is 9.96. The Morgan fingerprint density at radius 2 is 1.64 bits per heavy atom. The first-order chi connectivity index (χ1) is 16.1. The summed E-state index contributed by atoms with van der Waals surface area (Å²) >= 11 is 0. The molecule has 3 aromatic carbocycles. The van der Waals surface area contributed by atoms with Crippen molar-refractivity contribution in [3.63, 3.8) is 0 Å². The number of cyclic esters (lactones) is 1. The number of aromatic nitrogens is 1. The molecule has 2 atom stereocenters. The fourth-order valence-electron chi connectivity index (χ4n) is 4.67. The van der Waals surface area contributed by atoms with E-state index in [1.54, 1.807) is 0 Å². The maximum absolute atomic E-state index is 13.3. The van der Waals surface area contributed by atoms with Crippen molar-refractivity contribution in [2.45, 2.75) is 31.8 Å². The van der Waals surface area contributed by atoms with Crippen molar-refractivity contribution < 1.29 is 14.3 Å². The summed E-state index contributed by atoms with van der Waals surface area (Å²) in [7, 11) is 0. The number of carbonyl (C=O) groups excluding carboxylic acids is 2. The lowest BCUT2D eigenvalue weighted by Gasteiger charge is -2.21. The fourth-order valence-corrected chi connectivity index (χ4v) is 4.67. The average Bonchev–Trinajstić information content (AvgIpc) is 3.41. The summed E-state index contributed by atoms with van der Waals surface area (Å²) in [6.45, 7) is 3.00. The number of benzene rings is 3. The molecule has 5 heteroatoms. The Morgan fingerprint density at radius 3 is 2.39 bits per heavy atom. The van der Waals surface area contributed by atoms with Gasteiger partial charge in [-0.25, -0.2) is 9.69 Å². The Labute approximate surface area is 193 Å². The first-order valence-corrected chi connectivity index (χ1v) is 11.3. The van der Waals surface area contributed by atoms with Crippen LogP contribution in [0.4, 0.5) is 4.79 Å². The largest absolute Gasteiger partial charge is 0.446 e. The van der Waals surface area contributed by atoms with Crippen molar-refractivity contribution >= 4 is 22.9 Å². The SMILES string of the molecule is C[C@@H](CC(=O)N1C(=O)OC[C@@H]1c1ccccc1)c1cn(Cc2ccccc2)c2ccccc12. The van der Waals surface area contributed by atoms with Gasteiger partial charge < -0.3 is 9.30 Å². The highest BCUT2D eigenvalue weighted by Gasteiger charge is 2.39. The average molecular weight is 439 g/mol. The molecule has 33 heavy (non-hydrogen) atoms. The number of carbonyl (C=O) groups is 2. The van der Waals surface area contributed by atoms with Crippen LogP contribution in [0.15, 0.2) is 91.1 Å². The van der Waals surface area contributed by atoms with Gasteiger partial charge in [-0.15, -0.1) is 0 Å². The van der Waals surface area contributed by atoms with Crippen molar-refractivity contribution in [1.29, 1.82) is 0 Å². The molecule has 0 spiro atoms. The number of fused-ring (bicyclic) bond motifs is 1. The Morgan fingerprint density at radius 1 is 0.970 bits per heavy atom. The van der Waals surface area contributed by atoms with Gasteiger partial charge in [0.1, 0.15) is 12.6 Å². The number of amides is 2. The van der Waals surface area contributed by atoms with Crippen molar-refractivity contribution in [3.8, 4) is 0 Å². The molecule has 0 aliphatic carbocycles. The lowest BCUT2D eigenvalue weighted by molar-refractivity contribution is -0.129. The summed E-state index contributed by atoms with van der Waals surface area (Å²) in [5.74, 6) is -0.261. The van der Waals surface area contributed by atoms with E-state index < -0.39 is 6.09 Å². The van der Waals surface area contributed by atoms with E-state index in [0.29, 0.717) is 0 Å². The highest BCUT2D eigenvalue weighted by molar-refractivity contribution is 5.94. The van der Waals surface area contributed by atoms with Crippen molar-refractivity contribution in [2.24, 2.45) is 0 Å². The summed E-state index contributed by atoms with van der Waals surface area (Å²) < 4.78 is 7.48. The van der Waals surface area contributed by atoms with Crippen LogP contribution in [0.1, 0.15) is 42.0 Å². The van der Waals surface area contributed by atoms with E-state index in [1.165, 1.54) is 10.5 Å². The van der Waals surface area contributed by atoms with E-state index in [2.05, 4.69) is 35.0 Å². The van der Waals surface area contributed by atoms with Crippen LogP contribution in [-0.2, 0) is 16.1 Å². The van der Waals surface area contributed by atoms with Gasteiger partial charge in [0.15, 0.2) is 0 Å². The first-order valence-electron chi connectivity index (χ1n) is 11.3. The number of imide groups is 1. The molecular formula is C28H26N2O3. The van der Waals surface area contributed by atoms with Gasteiger partial charge in [-0.05, 0) is 28.7 Å². The zero-order valence-corrected chi connectivity index (χ0v) is 18.6. The van der Waals surface area contributed by atoms with E-state index in [-0.39, 0.29) is 30.9 Å². The maximum Gasteiger partial charge on any atom is 0.417 e. The van der Waals surface area contributed by atoms with Gasteiger partial charge >= 0.3 is 6.09 Å². The summed E-state index contributed by atoms with van der Waals surface area (Å²) in [5, 5.41) is 1.14. The Bertz CT molecular complexity index is 1280. The normalized spacial score (nSPS) is 16.7. The van der Waals surface area contributed by atoms with Crippen molar-refractivity contribution in [1.82, 2.24) is 9.47 Å². The predicted octanol–water partition coefficient (Wildman–Crippen LogP) is 5.90. The van der Waals surface area contributed by atoms with Gasteiger partial charge in [-0.1, -0.05) is 85.8 Å². The van der Waals surface area contributed by atoms with Crippen LogP contribution in [-0.4, -0.2) is 28.1 Å². The van der Waals surface area contributed by atoms with Crippen LogP contribution < -0.4 is 0 Å². The van der Waals surface area contributed by atoms with E-state index in [1.807, 2.05) is 67.6 Å². The molecule has 0 unspecified atom stereocenters. The molecule has 1 aliphatic heterocycles. The zero-order chi connectivity index (χ0) is 22.8. The molecule has 5 rings (SSSR count). The molecule has 1 fully saturated rings. The molecule has 166 valence electrons. The number of nitrogens with zero attached hydrogens (tertiary/aromatic N) is 2. The summed E-state index contributed by atoms with van der Waals surface area (Å²) in [6.07, 6.45) is 1.82. The molecule has 2 heterocycles. The van der Waals surface area contributed by atoms with E-state index in [9.17, 15) is 9.59 Å². The molecule has 0 saturated carbocycles. The highest BCUT2D eigenvalue weighted by Crippen LogP contribution is 2.33. The first kappa shape index (κ1) is 21.0. The fraction of sp³-hybridized carbons (Fsp3) is 0.214. The van der Waals surface area contributed by atoms with Crippen LogP contribution >= 0.6 is 0 Å². The van der Waals surface area contributed by atoms with Crippen LogP contribution in [0, 0.1) is 0 Å². The van der Waals surface area contributed by atoms with E-state index >= 15 is 0 Å². The predicted molar refractivity (Wildman–Crippen MR) is 128 cm³/mol. The second-order valence-electron chi connectivity index (χ2n) is 8.59. The minimum absolute atomic E-state index is 0.0516. The minimum Gasteiger partial charge on any atom is -0.446 e. The maximum atomic E-state index is 13.3. The third-order valence-electron chi connectivity index (χ3n) is 6.35. The molecule has 0 N–H and O–H groups in total. The number of rotatable bonds is 6. The molecule has 1 aliphatic rings. The Kier molecular flexibility index (Phi) is 5.69. The smallest absolute Gasteiger partial charge is 0.417 e. The summed E-state index contributed by atoms with van der Waals surface area (Å²) in [4.78, 5) is 27.0. The lowest BCUT2D eigenvalue weighted by Crippen LogP contribution is -2.34. The zero-order valence-electron chi connectivity index (χ0n) is 18.6. The van der Waals surface area contributed by atoms with E-state index in [0.717, 1.165) is 28.6 Å². The van der Waals surface area contributed by atoms with Gasteiger partial charge in [0.25, 0.3) is 0 Å². The third kappa shape index (κ3) is 4.14. The molecule has 0 bridgehead atoms. The van der Waals surface area contributed by atoms with Gasteiger partial charge in [0, 0.05) is 30.1 Å². The molecule has 4 aromatic rings. The van der Waals surface area contributed by atoms with Crippen LogP contribution in [0.25, 0.3) is 10.9 Å². The number of ether oxygens (including phenoxy) is 1. The monoisotopic (exact) mass is 438 g/mol. The van der Waals surface area contributed by atoms with Gasteiger partial charge in [-0.3, -0.25) is 4.79 Å². The molecule has 2 amide bonds. The minimum atomic E-state index is -0.562. The van der Waals surface area contributed by atoms with Crippen LogP contribution in [0.5, 0.6) is 0 Å². The summed E-state index contributed by atoms with van der Waals surface area (Å²) in [6, 6.07) is 27.8. The molecule has 1 aromatic heterocycles. The van der Waals surface area contributed by atoms with Crippen molar-refractivity contribution in [2.75, 3.05) is 6.61 Å². The Balaban J connectivity index is 1.40. The van der Waals surface area contributed by atoms with Crippen molar-refractivity contribution in [3.05, 3.63) is 108 Å². The number of para-hydroxylation sites is 1. The molecule has 5 nitrogen and oxygen atoms in total.